The molecular formula is C17H12ClFN2OS. The van der Waals surface area contributed by atoms with Gasteiger partial charge in [-0.05, 0) is 54.3 Å². The van der Waals surface area contributed by atoms with E-state index in [-0.39, 0.29) is 11.5 Å². The summed E-state index contributed by atoms with van der Waals surface area (Å²) in [5, 5.41) is -0.632. The Hall–Kier alpha value is -2.11. The van der Waals surface area contributed by atoms with Crippen LogP contribution in [0.2, 0.25) is 0 Å². The van der Waals surface area contributed by atoms with Gasteiger partial charge in [0.25, 0.3) is 5.24 Å². The maximum Gasteiger partial charge on any atom is 0.272 e. The number of benzene rings is 2. The van der Waals surface area contributed by atoms with E-state index in [4.69, 9.17) is 11.6 Å². The van der Waals surface area contributed by atoms with Crippen molar-refractivity contribution in [1.29, 1.82) is 0 Å². The molecule has 0 fully saturated rings. The second kappa shape index (κ2) is 6.56. The molecule has 0 saturated heterocycles. The molecule has 0 spiro atoms. The van der Waals surface area contributed by atoms with Crippen molar-refractivity contribution in [2.45, 2.75) is 4.90 Å². The number of carbonyl (C=O) groups is 1. The minimum Gasteiger partial charge on any atom is -0.299 e. The minimum atomic E-state index is -0.632. The highest BCUT2D eigenvalue weighted by atomic mass is 35.5. The summed E-state index contributed by atoms with van der Waals surface area (Å²) in [6.45, 7) is 0. The highest BCUT2D eigenvalue weighted by molar-refractivity contribution is 7.98. The number of halogens is 2. The van der Waals surface area contributed by atoms with Gasteiger partial charge in [-0.15, -0.1) is 11.8 Å². The Morgan fingerprint density at radius 3 is 2.35 bits per heavy atom. The van der Waals surface area contributed by atoms with Gasteiger partial charge in [0.15, 0.2) is 0 Å². The summed E-state index contributed by atoms with van der Waals surface area (Å²) in [6, 6.07) is 13.8. The van der Waals surface area contributed by atoms with Gasteiger partial charge in [-0.25, -0.2) is 9.37 Å². The van der Waals surface area contributed by atoms with E-state index >= 15 is 0 Å². The average molecular weight is 347 g/mol. The molecule has 2 aromatic carbocycles. The lowest BCUT2D eigenvalue weighted by Crippen LogP contribution is -1.96. The molecule has 0 bridgehead atoms. The van der Waals surface area contributed by atoms with Crippen LogP contribution in [0.15, 0.2) is 59.6 Å². The van der Waals surface area contributed by atoms with Gasteiger partial charge in [-0.1, -0.05) is 12.1 Å². The van der Waals surface area contributed by atoms with E-state index in [2.05, 4.69) is 4.98 Å². The maximum absolute atomic E-state index is 13.1. The minimum absolute atomic E-state index is 0.153. The van der Waals surface area contributed by atoms with Crippen molar-refractivity contribution in [3.05, 3.63) is 66.2 Å². The molecule has 0 aliphatic rings. The molecule has 6 heteroatoms. The summed E-state index contributed by atoms with van der Waals surface area (Å²) in [4.78, 5) is 16.9. The molecule has 3 aromatic rings. The van der Waals surface area contributed by atoms with Crippen LogP contribution in [0.4, 0.5) is 4.39 Å². The molecule has 0 atom stereocenters. The first-order valence-corrected chi connectivity index (χ1v) is 8.38. The first-order chi connectivity index (χ1) is 11.1. The molecular weight excluding hydrogens is 335 g/mol. The van der Waals surface area contributed by atoms with Crippen molar-refractivity contribution in [2.24, 2.45) is 0 Å². The molecule has 1 heterocycles. The second-order valence-corrected chi connectivity index (χ2v) is 6.02. The van der Waals surface area contributed by atoms with Gasteiger partial charge in [0, 0.05) is 22.3 Å². The zero-order valence-electron chi connectivity index (χ0n) is 12.2. The number of rotatable bonds is 4. The average Bonchev–Trinajstić information content (AvgIpc) is 3.01. The smallest absolute Gasteiger partial charge is 0.272 e. The van der Waals surface area contributed by atoms with Crippen molar-refractivity contribution < 1.29 is 9.18 Å². The molecule has 116 valence electrons. The van der Waals surface area contributed by atoms with Gasteiger partial charge in [-0.3, -0.25) is 9.36 Å². The lowest BCUT2D eigenvalue weighted by Gasteiger charge is -2.08. The number of thioether (sulfide) groups is 1. The topological polar surface area (TPSA) is 34.9 Å². The fraction of sp³-hybridized carbons (Fsp3) is 0.0588. The van der Waals surface area contributed by atoms with Crippen molar-refractivity contribution in [2.75, 3.05) is 6.26 Å². The lowest BCUT2D eigenvalue weighted by molar-refractivity contribution is 0.107. The summed E-state index contributed by atoms with van der Waals surface area (Å²) in [6.07, 6.45) is 3.55. The monoisotopic (exact) mass is 346 g/mol. The number of imidazole rings is 1. The second-order valence-electron chi connectivity index (χ2n) is 4.80. The zero-order valence-corrected chi connectivity index (χ0v) is 13.7. The van der Waals surface area contributed by atoms with Gasteiger partial charge >= 0.3 is 0 Å². The Labute approximate surface area is 142 Å². The van der Waals surface area contributed by atoms with Crippen molar-refractivity contribution in [1.82, 2.24) is 9.55 Å². The fourth-order valence-corrected chi connectivity index (χ4v) is 2.72. The Bertz CT molecular complexity index is 844. The molecule has 0 radical (unpaired) electrons. The van der Waals surface area contributed by atoms with Crippen molar-refractivity contribution in [3.63, 3.8) is 0 Å². The predicted octanol–water partition coefficient (Wildman–Crippen LogP) is 4.78. The summed E-state index contributed by atoms with van der Waals surface area (Å²) in [5.41, 5.74) is 1.70. The molecule has 0 saturated carbocycles. The van der Waals surface area contributed by atoms with Crippen molar-refractivity contribution in [3.8, 4) is 17.1 Å². The molecule has 0 aliphatic carbocycles. The fourth-order valence-electron chi connectivity index (χ4n) is 2.22. The summed E-state index contributed by atoms with van der Waals surface area (Å²) < 4.78 is 14.9. The Morgan fingerprint density at radius 1 is 1.13 bits per heavy atom. The number of aromatic nitrogens is 2. The molecule has 23 heavy (non-hydrogen) atoms. The molecule has 3 rings (SSSR count). The Balaban J connectivity index is 2.13. The molecule has 0 unspecified atom stereocenters. The van der Waals surface area contributed by atoms with Crippen LogP contribution in [-0.4, -0.2) is 21.0 Å². The highest BCUT2D eigenvalue weighted by Gasteiger charge is 2.15. The van der Waals surface area contributed by atoms with Crippen LogP contribution in [0.5, 0.6) is 0 Å². The van der Waals surface area contributed by atoms with Gasteiger partial charge in [0.1, 0.15) is 17.3 Å². The van der Waals surface area contributed by atoms with Gasteiger partial charge in [0.2, 0.25) is 0 Å². The maximum atomic E-state index is 13.1. The number of carbonyl (C=O) groups excluding carboxylic acids is 1. The largest absolute Gasteiger partial charge is 0.299 e. The molecule has 0 aliphatic heterocycles. The highest BCUT2D eigenvalue weighted by Crippen LogP contribution is 2.26. The van der Waals surface area contributed by atoms with Crippen LogP contribution in [0.1, 0.15) is 10.5 Å². The van der Waals surface area contributed by atoms with Crippen LogP contribution in [0.3, 0.4) is 0 Å². The quantitative estimate of drug-likeness (QED) is 0.503. The Morgan fingerprint density at radius 2 is 1.78 bits per heavy atom. The predicted molar refractivity (Wildman–Crippen MR) is 90.9 cm³/mol. The van der Waals surface area contributed by atoms with E-state index in [1.165, 1.54) is 12.1 Å². The van der Waals surface area contributed by atoms with Gasteiger partial charge in [0.05, 0.1) is 0 Å². The third-order valence-electron chi connectivity index (χ3n) is 3.36. The third kappa shape index (κ3) is 3.30. The number of nitrogens with zero attached hydrogens (tertiary/aromatic N) is 2. The SMILES string of the molecule is CSc1ccc(-c2nc(C(=O)Cl)cn2-c2ccc(F)cc2)cc1. The van der Waals surface area contributed by atoms with E-state index in [0.29, 0.717) is 11.5 Å². The number of hydrogen-bond donors (Lipinski definition) is 0. The lowest BCUT2D eigenvalue weighted by atomic mass is 10.2. The van der Waals surface area contributed by atoms with Gasteiger partial charge in [-0.2, -0.15) is 0 Å². The molecule has 3 nitrogen and oxygen atoms in total. The van der Waals surface area contributed by atoms with E-state index in [1.807, 2.05) is 30.5 Å². The normalized spacial score (nSPS) is 10.7. The van der Waals surface area contributed by atoms with E-state index in [1.54, 1.807) is 34.7 Å². The van der Waals surface area contributed by atoms with E-state index in [9.17, 15) is 9.18 Å². The zero-order chi connectivity index (χ0) is 16.4. The number of hydrogen-bond acceptors (Lipinski definition) is 3. The molecule has 0 amide bonds. The molecule has 0 N–H and O–H groups in total. The third-order valence-corrected chi connectivity index (χ3v) is 4.30. The Kier molecular flexibility index (Phi) is 4.50. The van der Waals surface area contributed by atoms with Crippen LogP contribution in [-0.2, 0) is 0 Å². The van der Waals surface area contributed by atoms with Crippen molar-refractivity contribution >= 4 is 28.6 Å². The standard InChI is InChI=1S/C17H12ClFN2OS/c1-23-14-8-2-11(3-9-14)17-20-15(16(18)22)10-21(17)13-6-4-12(19)5-7-13/h2-10H,1H3. The first kappa shape index (κ1) is 15.8. The van der Waals surface area contributed by atoms with Crippen LogP contribution in [0.25, 0.3) is 17.1 Å². The molecule has 1 aromatic heterocycles. The van der Waals surface area contributed by atoms with E-state index in [0.717, 1.165) is 10.5 Å². The van der Waals surface area contributed by atoms with Crippen LogP contribution < -0.4 is 0 Å². The van der Waals surface area contributed by atoms with E-state index < -0.39 is 5.24 Å². The van der Waals surface area contributed by atoms with Crippen LogP contribution >= 0.6 is 23.4 Å². The van der Waals surface area contributed by atoms with Gasteiger partial charge < -0.3 is 0 Å². The summed E-state index contributed by atoms with van der Waals surface area (Å²) >= 11 is 7.20. The summed E-state index contributed by atoms with van der Waals surface area (Å²) in [7, 11) is 0. The summed E-state index contributed by atoms with van der Waals surface area (Å²) in [5.74, 6) is 0.252. The van der Waals surface area contributed by atoms with Crippen LogP contribution in [0, 0.1) is 5.82 Å². The first-order valence-electron chi connectivity index (χ1n) is 6.78.